The smallest absolute Gasteiger partial charge is 0.307 e. The summed E-state index contributed by atoms with van der Waals surface area (Å²) < 4.78 is 56.7. The number of carbonyl (C=O) groups excluding carboxylic acids is 2. The highest BCUT2D eigenvalue weighted by Crippen LogP contribution is 2.25. The number of carbonyl (C=O) groups is 2. The fourth-order valence-electron chi connectivity index (χ4n) is 2.32. The van der Waals surface area contributed by atoms with Gasteiger partial charge in [-0.25, -0.2) is 21.9 Å². The molecule has 2 N–H and O–H groups in total. The summed E-state index contributed by atoms with van der Waals surface area (Å²) in [6.07, 6.45) is -0.457. The van der Waals surface area contributed by atoms with Crippen molar-refractivity contribution in [2.75, 3.05) is 18.5 Å². The molecule has 31 heavy (non-hydrogen) atoms. The largest absolute Gasteiger partial charge is 0.456 e. The number of nitrogens with one attached hydrogen (secondary N) is 2. The molecular formula is C18H17F2N3O7S. The van der Waals surface area contributed by atoms with Gasteiger partial charge in [-0.2, -0.15) is 0 Å². The molecular weight excluding hydrogens is 440 g/mol. The maximum absolute atomic E-state index is 13.2. The van der Waals surface area contributed by atoms with Crippen LogP contribution in [0.2, 0.25) is 0 Å². The molecule has 0 radical (unpaired) electrons. The first-order chi connectivity index (χ1) is 14.5. The van der Waals surface area contributed by atoms with E-state index in [1.165, 1.54) is 12.1 Å². The Morgan fingerprint density at radius 2 is 1.84 bits per heavy atom. The summed E-state index contributed by atoms with van der Waals surface area (Å²) in [5, 5.41) is 13.3. The highest BCUT2D eigenvalue weighted by Gasteiger charge is 2.19. The molecule has 0 aliphatic heterocycles. The Balaban J connectivity index is 1.82. The molecule has 13 heteroatoms. The van der Waals surface area contributed by atoms with Crippen molar-refractivity contribution in [2.24, 2.45) is 0 Å². The van der Waals surface area contributed by atoms with Crippen molar-refractivity contribution in [3.05, 3.63) is 63.7 Å². The molecule has 1 amide bonds. The number of sulfonamides is 1. The van der Waals surface area contributed by atoms with Crippen LogP contribution in [0.1, 0.15) is 12.0 Å². The molecule has 10 nitrogen and oxygen atoms in total. The summed E-state index contributed by atoms with van der Waals surface area (Å²) in [6, 6.07) is 6.14. The van der Waals surface area contributed by atoms with Crippen molar-refractivity contribution in [1.29, 1.82) is 0 Å². The molecule has 0 atom stereocenters. The number of anilines is 1. The van der Waals surface area contributed by atoms with E-state index in [-0.39, 0.29) is 11.4 Å². The number of nitro benzene ring substituents is 1. The average molecular weight is 457 g/mol. The van der Waals surface area contributed by atoms with Gasteiger partial charge in [-0.3, -0.25) is 19.7 Å². The summed E-state index contributed by atoms with van der Waals surface area (Å²) in [5.41, 5.74) is 0.212. The maximum Gasteiger partial charge on any atom is 0.307 e. The zero-order chi connectivity index (χ0) is 23.2. The molecule has 2 rings (SSSR count). The number of aryl methyl sites for hydroxylation is 1. The second-order valence-electron chi connectivity index (χ2n) is 6.21. The van der Waals surface area contributed by atoms with Crippen LogP contribution in [0.15, 0.2) is 41.3 Å². The Morgan fingerprint density at radius 3 is 2.48 bits per heavy atom. The van der Waals surface area contributed by atoms with Crippen molar-refractivity contribution < 1.29 is 36.4 Å². The van der Waals surface area contributed by atoms with Gasteiger partial charge in [-0.05, 0) is 36.8 Å². The number of halogens is 2. The van der Waals surface area contributed by atoms with E-state index in [1.54, 1.807) is 13.0 Å². The number of benzene rings is 2. The summed E-state index contributed by atoms with van der Waals surface area (Å²) in [6.45, 7) is 0.464. The minimum absolute atomic E-state index is 0.0732. The zero-order valence-corrected chi connectivity index (χ0v) is 16.9. The van der Waals surface area contributed by atoms with Gasteiger partial charge in [-0.15, -0.1) is 0 Å². The van der Waals surface area contributed by atoms with Crippen molar-refractivity contribution in [3.8, 4) is 0 Å². The Morgan fingerprint density at radius 1 is 1.13 bits per heavy atom. The number of rotatable bonds is 9. The topological polar surface area (TPSA) is 145 Å². The van der Waals surface area contributed by atoms with Gasteiger partial charge in [0.05, 0.1) is 16.2 Å². The van der Waals surface area contributed by atoms with Crippen LogP contribution in [-0.2, 0) is 24.3 Å². The second kappa shape index (κ2) is 10.0. The van der Waals surface area contributed by atoms with Crippen LogP contribution in [-0.4, -0.2) is 38.4 Å². The van der Waals surface area contributed by atoms with Gasteiger partial charge >= 0.3 is 5.97 Å². The van der Waals surface area contributed by atoms with Crippen LogP contribution in [0.4, 0.5) is 20.2 Å². The minimum atomic E-state index is -4.19. The molecule has 0 aliphatic rings. The van der Waals surface area contributed by atoms with E-state index >= 15 is 0 Å². The molecule has 0 saturated carbocycles. The molecule has 0 aliphatic carbocycles. The van der Waals surface area contributed by atoms with Crippen molar-refractivity contribution in [1.82, 2.24) is 4.72 Å². The van der Waals surface area contributed by atoms with Crippen LogP contribution in [0.5, 0.6) is 0 Å². The van der Waals surface area contributed by atoms with Gasteiger partial charge in [0, 0.05) is 12.6 Å². The normalized spacial score (nSPS) is 11.1. The Kier molecular flexibility index (Phi) is 7.72. The summed E-state index contributed by atoms with van der Waals surface area (Å²) >= 11 is 0. The molecule has 0 unspecified atom stereocenters. The lowest BCUT2D eigenvalue weighted by Gasteiger charge is -2.09. The van der Waals surface area contributed by atoms with E-state index in [0.29, 0.717) is 17.7 Å². The first-order valence-electron chi connectivity index (χ1n) is 8.65. The van der Waals surface area contributed by atoms with Gasteiger partial charge in [0.1, 0.15) is 5.69 Å². The molecule has 2 aromatic rings. The highest BCUT2D eigenvalue weighted by atomic mass is 32.2. The second-order valence-corrected chi connectivity index (χ2v) is 7.98. The van der Waals surface area contributed by atoms with Gasteiger partial charge in [0.15, 0.2) is 18.2 Å². The first-order valence-corrected chi connectivity index (χ1v) is 10.1. The van der Waals surface area contributed by atoms with Crippen LogP contribution in [0, 0.1) is 28.7 Å². The van der Waals surface area contributed by atoms with Crippen LogP contribution in [0.25, 0.3) is 0 Å². The summed E-state index contributed by atoms with van der Waals surface area (Å²) in [4.78, 5) is 33.4. The molecule has 0 spiro atoms. The monoisotopic (exact) mass is 457 g/mol. The predicted octanol–water partition coefficient (Wildman–Crippen LogP) is 2.03. The minimum Gasteiger partial charge on any atom is -0.456 e. The van der Waals surface area contributed by atoms with Crippen LogP contribution >= 0.6 is 0 Å². The molecule has 0 bridgehead atoms. The molecule has 166 valence electrons. The van der Waals surface area contributed by atoms with Gasteiger partial charge < -0.3 is 10.1 Å². The number of amides is 1. The molecule has 0 heterocycles. The van der Waals surface area contributed by atoms with E-state index in [2.05, 4.69) is 5.32 Å². The Labute approximate surface area is 175 Å². The quantitative estimate of drug-likeness (QED) is 0.333. The number of esters is 1. The van der Waals surface area contributed by atoms with Gasteiger partial charge in [-0.1, -0.05) is 6.07 Å². The SMILES string of the molecule is Cc1ccc(NC(=O)COC(=O)CCNS(=O)(=O)c2ccc(F)c(F)c2)c([N+](=O)[O-])c1. The van der Waals surface area contributed by atoms with E-state index in [9.17, 15) is 36.9 Å². The number of hydrogen-bond acceptors (Lipinski definition) is 7. The number of nitro groups is 1. The Hall–Kier alpha value is -3.45. The molecule has 0 fully saturated rings. The van der Waals surface area contributed by atoms with Crippen LogP contribution < -0.4 is 10.0 Å². The third kappa shape index (κ3) is 6.79. The number of ether oxygens (including phenoxy) is 1. The lowest BCUT2D eigenvalue weighted by molar-refractivity contribution is -0.384. The number of nitrogens with zero attached hydrogens (tertiary/aromatic N) is 1. The molecule has 2 aromatic carbocycles. The van der Waals surface area contributed by atoms with Gasteiger partial charge in [0.25, 0.3) is 11.6 Å². The average Bonchev–Trinajstić information content (AvgIpc) is 2.69. The molecule has 0 saturated heterocycles. The molecule has 0 aromatic heterocycles. The summed E-state index contributed by atoms with van der Waals surface area (Å²) in [7, 11) is -4.19. The van der Waals surface area contributed by atoms with E-state index in [4.69, 9.17) is 4.74 Å². The fraction of sp³-hybridized carbons (Fsp3) is 0.222. The standard InChI is InChI=1S/C18H17F2N3O7S/c1-11-2-5-15(16(8-11)23(26)27)22-17(24)10-30-18(25)6-7-21-31(28,29)12-3-4-13(19)14(20)9-12/h2-5,8-9,21H,6-7,10H2,1H3,(H,22,24). The lowest BCUT2D eigenvalue weighted by atomic mass is 10.2. The third-order valence-electron chi connectivity index (χ3n) is 3.81. The van der Waals surface area contributed by atoms with Gasteiger partial charge in [0.2, 0.25) is 10.0 Å². The van der Waals surface area contributed by atoms with E-state index < -0.39 is 62.9 Å². The van der Waals surface area contributed by atoms with E-state index in [0.717, 1.165) is 6.07 Å². The zero-order valence-electron chi connectivity index (χ0n) is 16.1. The predicted molar refractivity (Wildman–Crippen MR) is 104 cm³/mol. The van der Waals surface area contributed by atoms with Crippen LogP contribution in [0.3, 0.4) is 0 Å². The van der Waals surface area contributed by atoms with Crippen molar-refractivity contribution >= 4 is 33.3 Å². The van der Waals surface area contributed by atoms with Crippen molar-refractivity contribution in [3.63, 3.8) is 0 Å². The lowest BCUT2D eigenvalue weighted by Crippen LogP contribution is -2.28. The fourth-order valence-corrected chi connectivity index (χ4v) is 3.36. The first kappa shape index (κ1) is 23.8. The number of hydrogen-bond donors (Lipinski definition) is 2. The van der Waals surface area contributed by atoms with Crippen molar-refractivity contribution in [2.45, 2.75) is 18.2 Å². The Bertz CT molecular complexity index is 1120. The third-order valence-corrected chi connectivity index (χ3v) is 5.27. The summed E-state index contributed by atoms with van der Waals surface area (Å²) in [5.74, 6) is -4.32. The highest BCUT2D eigenvalue weighted by molar-refractivity contribution is 7.89. The van der Waals surface area contributed by atoms with E-state index in [1.807, 2.05) is 4.72 Å². The maximum atomic E-state index is 13.2.